The molecule has 4 heteroatoms. The predicted molar refractivity (Wildman–Crippen MR) is 68.0 cm³/mol. The molecule has 2 aliphatic heterocycles. The Hall–Kier alpha value is -0.900. The van der Waals surface area contributed by atoms with Crippen molar-refractivity contribution in [1.82, 2.24) is 5.32 Å². The fourth-order valence-corrected chi connectivity index (χ4v) is 2.87. The Balaban J connectivity index is 1.69. The summed E-state index contributed by atoms with van der Waals surface area (Å²) in [6.45, 7) is 2.17. The van der Waals surface area contributed by atoms with Crippen molar-refractivity contribution >= 4 is 11.8 Å². The van der Waals surface area contributed by atoms with Gasteiger partial charge in [0.2, 0.25) is 5.72 Å². The minimum Gasteiger partial charge on any atom is -0.436 e. The number of nitrogens with one attached hydrogen (secondary N) is 1. The summed E-state index contributed by atoms with van der Waals surface area (Å²) in [7, 11) is 0. The summed E-state index contributed by atoms with van der Waals surface area (Å²) in [5.74, 6) is -0.173. The SMILES string of the molecule is CCCCCCCC(=O)O[C@]12CC[C@@H](CC1=O)N2. The molecule has 102 valence electrons. The van der Waals surface area contributed by atoms with Crippen LogP contribution in [0.25, 0.3) is 0 Å². The summed E-state index contributed by atoms with van der Waals surface area (Å²) < 4.78 is 5.41. The zero-order valence-electron chi connectivity index (χ0n) is 11.2. The van der Waals surface area contributed by atoms with Gasteiger partial charge in [0.1, 0.15) is 0 Å². The van der Waals surface area contributed by atoms with Crippen molar-refractivity contribution in [3.05, 3.63) is 0 Å². The number of ketones is 1. The van der Waals surface area contributed by atoms with E-state index in [9.17, 15) is 9.59 Å². The van der Waals surface area contributed by atoms with Crippen LogP contribution in [-0.2, 0) is 14.3 Å². The van der Waals surface area contributed by atoms with Gasteiger partial charge in [-0.15, -0.1) is 0 Å². The Morgan fingerprint density at radius 2 is 2.17 bits per heavy atom. The van der Waals surface area contributed by atoms with E-state index in [1.54, 1.807) is 0 Å². The molecular formula is C14H23NO3. The highest BCUT2D eigenvalue weighted by molar-refractivity contribution is 5.92. The quantitative estimate of drug-likeness (QED) is 0.559. The summed E-state index contributed by atoms with van der Waals surface area (Å²) in [4.78, 5) is 23.5. The van der Waals surface area contributed by atoms with Crippen LogP contribution in [0.2, 0.25) is 0 Å². The molecule has 0 unspecified atom stereocenters. The van der Waals surface area contributed by atoms with E-state index in [2.05, 4.69) is 12.2 Å². The molecule has 2 aliphatic rings. The van der Waals surface area contributed by atoms with Crippen molar-refractivity contribution in [3.63, 3.8) is 0 Å². The maximum Gasteiger partial charge on any atom is 0.307 e. The third kappa shape index (κ3) is 2.91. The standard InChI is InChI=1S/C14H23NO3/c1-2-3-4-5-6-7-13(17)18-14-9-8-11(15-14)10-12(14)16/h11,15H,2-10H2,1H3/t11-,14+/m0/s1. The van der Waals surface area contributed by atoms with E-state index < -0.39 is 5.72 Å². The topological polar surface area (TPSA) is 55.4 Å². The first kappa shape index (κ1) is 13.5. The lowest BCUT2D eigenvalue weighted by Gasteiger charge is -2.24. The average molecular weight is 253 g/mol. The average Bonchev–Trinajstić information content (AvgIpc) is 2.85. The zero-order chi connectivity index (χ0) is 13.0. The Bertz CT molecular complexity index is 329. The summed E-state index contributed by atoms with van der Waals surface area (Å²) in [6, 6.07) is 0.231. The molecule has 0 aromatic heterocycles. The molecule has 2 saturated heterocycles. The van der Waals surface area contributed by atoms with Crippen LogP contribution in [0.5, 0.6) is 0 Å². The summed E-state index contributed by atoms with van der Waals surface area (Å²) in [5.41, 5.74) is -0.953. The van der Waals surface area contributed by atoms with Gasteiger partial charge in [-0.25, -0.2) is 0 Å². The number of hydrogen-bond donors (Lipinski definition) is 1. The first-order chi connectivity index (χ1) is 8.66. The largest absolute Gasteiger partial charge is 0.436 e. The van der Waals surface area contributed by atoms with E-state index in [-0.39, 0.29) is 17.8 Å². The molecule has 2 fully saturated rings. The first-order valence-electron chi connectivity index (χ1n) is 7.19. The Morgan fingerprint density at radius 1 is 1.39 bits per heavy atom. The van der Waals surface area contributed by atoms with Crippen LogP contribution in [-0.4, -0.2) is 23.5 Å². The van der Waals surface area contributed by atoms with Gasteiger partial charge in [0, 0.05) is 25.3 Å². The maximum atomic E-state index is 11.8. The molecule has 2 heterocycles. The van der Waals surface area contributed by atoms with E-state index in [1.807, 2.05) is 0 Å². The zero-order valence-corrected chi connectivity index (χ0v) is 11.2. The van der Waals surface area contributed by atoms with Crippen molar-refractivity contribution in [2.45, 2.75) is 76.5 Å². The second-order valence-corrected chi connectivity index (χ2v) is 5.47. The Kier molecular flexibility index (Phi) is 4.38. The molecule has 1 N–H and O–H groups in total. The number of hydrogen-bond acceptors (Lipinski definition) is 4. The van der Waals surface area contributed by atoms with E-state index in [0.717, 1.165) is 19.3 Å². The number of ether oxygens (including phenoxy) is 1. The molecule has 18 heavy (non-hydrogen) atoms. The van der Waals surface area contributed by atoms with E-state index >= 15 is 0 Å². The number of rotatable bonds is 7. The maximum absolute atomic E-state index is 11.8. The van der Waals surface area contributed by atoms with Crippen molar-refractivity contribution in [1.29, 1.82) is 0 Å². The molecule has 2 atom stereocenters. The van der Waals surface area contributed by atoms with Gasteiger partial charge in [-0.3, -0.25) is 14.9 Å². The molecule has 0 amide bonds. The van der Waals surface area contributed by atoms with Crippen LogP contribution in [0.15, 0.2) is 0 Å². The van der Waals surface area contributed by atoms with E-state index in [0.29, 0.717) is 19.3 Å². The second-order valence-electron chi connectivity index (χ2n) is 5.47. The normalized spacial score (nSPS) is 29.8. The van der Waals surface area contributed by atoms with Gasteiger partial charge in [-0.05, 0) is 12.8 Å². The van der Waals surface area contributed by atoms with Crippen LogP contribution in [0.1, 0.15) is 64.7 Å². The smallest absolute Gasteiger partial charge is 0.307 e. The molecule has 0 saturated carbocycles. The first-order valence-corrected chi connectivity index (χ1v) is 7.19. The molecule has 0 spiro atoms. The lowest BCUT2D eigenvalue weighted by Crippen LogP contribution is -2.46. The predicted octanol–water partition coefficient (Wildman–Crippen LogP) is 2.31. The fraction of sp³-hybridized carbons (Fsp3) is 0.857. The third-order valence-corrected chi connectivity index (χ3v) is 3.94. The van der Waals surface area contributed by atoms with Crippen molar-refractivity contribution in [2.24, 2.45) is 0 Å². The minimum absolute atomic E-state index is 0.0538. The summed E-state index contributed by atoms with van der Waals surface area (Å²) in [5, 5.41) is 3.14. The van der Waals surface area contributed by atoms with Gasteiger partial charge in [0.15, 0.2) is 5.78 Å². The van der Waals surface area contributed by atoms with Crippen molar-refractivity contribution in [3.8, 4) is 0 Å². The Morgan fingerprint density at radius 3 is 2.78 bits per heavy atom. The molecule has 2 bridgehead atoms. The lowest BCUT2D eigenvalue weighted by molar-refractivity contribution is -0.167. The number of Topliss-reactive ketones (excluding diaryl/α,β-unsaturated/α-hetero) is 1. The van der Waals surface area contributed by atoms with Crippen LogP contribution >= 0.6 is 0 Å². The molecule has 0 aromatic carbocycles. The second kappa shape index (κ2) is 5.83. The summed E-state index contributed by atoms with van der Waals surface area (Å²) >= 11 is 0. The molecule has 0 radical (unpaired) electrons. The summed E-state index contributed by atoms with van der Waals surface area (Å²) in [6.07, 6.45) is 8.08. The van der Waals surface area contributed by atoms with Crippen molar-refractivity contribution < 1.29 is 14.3 Å². The third-order valence-electron chi connectivity index (χ3n) is 3.94. The van der Waals surface area contributed by atoms with Crippen LogP contribution in [0.4, 0.5) is 0 Å². The monoisotopic (exact) mass is 253 g/mol. The molecule has 2 rings (SSSR count). The highest BCUT2D eigenvalue weighted by atomic mass is 16.6. The molecule has 4 nitrogen and oxygen atoms in total. The van der Waals surface area contributed by atoms with Crippen LogP contribution in [0.3, 0.4) is 0 Å². The van der Waals surface area contributed by atoms with Gasteiger partial charge >= 0.3 is 5.97 Å². The number of carbonyl (C=O) groups is 2. The number of esters is 1. The van der Waals surface area contributed by atoms with E-state index in [4.69, 9.17) is 4.74 Å². The van der Waals surface area contributed by atoms with Gasteiger partial charge in [0.05, 0.1) is 0 Å². The van der Waals surface area contributed by atoms with Gasteiger partial charge in [-0.1, -0.05) is 32.6 Å². The number of carbonyl (C=O) groups excluding carboxylic acids is 2. The number of unbranched alkanes of at least 4 members (excludes halogenated alkanes) is 4. The highest BCUT2D eigenvalue weighted by Crippen LogP contribution is 2.35. The van der Waals surface area contributed by atoms with Crippen LogP contribution < -0.4 is 5.32 Å². The molecular weight excluding hydrogens is 230 g/mol. The van der Waals surface area contributed by atoms with Gasteiger partial charge < -0.3 is 4.74 Å². The lowest BCUT2D eigenvalue weighted by atomic mass is 9.96. The van der Waals surface area contributed by atoms with Crippen LogP contribution in [0, 0.1) is 0 Å². The Labute approximate surface area is 108 Å². The van der Waals surface area contributed by atoms with Crippen molar-refractivity contribution in [2.75, 3.05) is 0 Å². The van der Waals surface area contributed by atoms with E-state index in [1.165, 1.54) is 19.3 Å². The fourth-order valence-electron chi connectivity index (χ4n) is 2.87. The van der Waals surface area contributed by atoms with Gasteiger partial charge in [-0.2, -0.15) is 0 Å². The molecule has 0 aliphatic carbocycles. The highest BCUT2D eigenvalue weighted by Gasteiger charge is 2.54. The minimum atomic E-state index is -0.953. The number of fused-ring (bicyclic) bond motifs is 2. The van der Waals surface area contributed by atoms with Gasteiger partial charge in [0.25, 0.3) is 0 Å². The molecule has 0 aromatic rings.